The summed E-state index contributed by atoms with van der Waals surface area (Å²) in [6.07, 6.45) is 3.54. The highest BCUT2D eigenvalue weighted by Gasteiger charge is 2.07. The summed E-state index contributed by atoms with van der Waals surface area (Å²) in [4.78, 5) is 2.93. The summed E-state index contributed by atoms with van der Waals surface area (Å²) in [5.74, 6) is 0. The summed E-state index contributed by atoms with van der Waals surface area (Å²) in [7, 11) is 0. The Morgan fingerprint density at radius 1 is 1.14 bits per heavy atom. The number of hydrogen-bond donors (Lipinski definition) is 1. The topological polar surface area (TPSA) is 39.6 Å². The van der Waals surface area contributed by atoms with Gasteiger partial charge in [-0.3, -0.25) is 0 Å². The first kappa shape index (κ1) is 9.04. The molecule has 2 aromatic rings. The van der Waals surface area contributed by atoms with Crippen molar-refractivity contribution >= 4 is 15.9 Å². The van der Waals surface area contributed by atoms with Crippen molar-refractivity contribution in [3.63, 3.8) is 0 Å². The zero-order valence-electron chi connectivity index (χ0n) is 7.29. The molecule has 0 bridgehead atoms. The van der Waals surface area contributed by atoms with E-state index in [4.69, 9.17) is 5.26 Å². The molecule has 0 aliphatic rings. The predicted molar refractivity (Wildman–Crippen MR) is 58.6 cm³/mol. The van der Waals surface area contributed by atoms with Crippen LogP contribution in [0.1, 0.15) is 5.56 Å². The zero-order valence-corrected chi connectivity index (χ0v) is 8.88. The van der Waals surface area contributed by atoms with Gasteiger partial charge in [0, 0.05) is 22.4 Å². The van der Waals surface area contributed by atoms with E-state index < -0.39 is 0 Å². The highest BCUT2D eigenvalue weighted by molar-refractivity contribution is 9.10. The van der Waals surface area contributed by atoms with E-state index in [9.17, 15) is 0 Å². The first-order chi connectivity index (χ1) is 6.83. The Labute approximate surface area is 90.3 Å². The van der Waals surface area contributed by atoms with Crippen molar-refractivity contribution in [2.75, 3.05) is 0 Å². The van der Waals surface area contributed by atoms with Gasteiger partial charge in [-0.15, -0.1) is 0 Å². The van der Waals surface area contributed by atoms with E-state index in [0.717, 1.165) is 15.6 Å². The van der Waals surface area contributed by atoms with Gasteiger partial charge in [-0.25, -0.2) is 0 Å². The number of aromatic amines is 1. The summed E-state index contributed by atoms with van der Waals surface area (Å²) >= 11 is 3.46. The monoisotopic (exact) mass is 246 g/mol. The van der Waals surface area contributed by atoms with Crippen LogP contribution in [-0.4, -0.2) is 4.98 Å². The van der Waals surface area contributed by atoms with Crippen LogP contribution in [0.4, 0.5) is 0 Å². The number of rotatable bonds is 1. The summed E-state index contributed by atoms with van der Waals surface area (Å²) < 4.78 is 0.996. The quantitative estimate of drug-likeness (QED) is 0.824. The molecular formula is C11H7BrN2. The molecule has 68 valence electrons. The average molecular weight is 247 g/mol. The SMILES string of the molecule is N#Cc1c[nH]cc1-c1ccccc1Br. The van der Waals surface area contributed by atoms with Crippen LogP contribution in [0.5, 0.6) is 0 Å². The van der Waals surface area contributed by atoms with Gasteiger partial charge in [0.2, 0.25) is 0 Å². The van der Waals surface area contributed by atoms with E-state index in [1.807, 2.05) is 30.5 Å². The normalized spacial score (nSPS) is 9.71. The van der Waals surface area contributed by atoms with Crippen LogP contribution in [0.3, 0.4) is 0 Å². The fourth-order valence-electron chi connectivity index (χ4n) is 1.36. The van der Waals surface area contributed by atoms with Crippen molar-refractivity contribution in [2.24, 2.45) is 0 Å². The van der Waals surface area contributed by atoms with Crippen LogP contribution in [0.25, 0.3) is 11.1 Å². The van der Waals surface area contributed by atoms with Gasteiger partial charge in [0.15, 0.2) is 0 Å². The van der Waals surface area contributed by atoms with Crippen molar-refractivity contribution in [3.8, 4) is 17.2 Å². The molecule has 0 saturated carbocycles. The maximum absolute atomic E-state index is 8.87. The van der Waals surface area contributed by atoms with Gasteiger partial charge in [-0.05, 0) is 11.6 Å². The maximum atomic E-state index is 8.87. The number of nitrogens with zero attached hydrogens (tertiary/aromatic N) is 1. The Bertz CT molecular complexity index is 494. The molecule has 1 aromatic carbocycles. The lowest BCUT2D eigenvalue weighted by molar-refractivity contribution is 1.40. The van der Waals surface area contributed by atoms with E-state index >= 15 is 0 Å². The minimum atomic E-state index is 0.664. The molecule has 2 nitrogen and oxygen atoms in total. The third-order valence-corrected chi connectivity index (χ3v) is 2.72. The number of nitriles is 1. The Kier molecular flexibility index (Phi) is 2.38. The fraction of sp³-hybridized carbons (Fsp3) is 0. The maximum Gasteiger partial charge on any atom is 0.101 e. The molecule has 2 rings (SSSR count). The number of halogens is 1. The second kappa shape index (κ2) is 3.69. The van der Waals surface area contributed by atoms with E-state index in [1.165, 1.54) is 0 Å². The Hall–Kier alpha value is -1.53. The van der Waals surface area contributed by atoms with E-state index in [1.54, 1.807) is 6.20 Å². The molecular weight excluding hydrogens is 240 g/mol. The number of H-pyrrole nitrogens is 1. The first-order valence-electron chi connectivity index (χ1n) is 4.14. The lowest BCUT2D eigenvalue weighted by Crippen LogP contribution is -1.79. The second-order valence-electron chi connectivity index (χ2n) is 2.87. The highest BCUT2D eigenvalue weighted by atomic mass is 79.9. The summed E-state index contributed by atoms with van der Waals surface area (Å²) in [5, 5.41) is 8.87. The first-order valence-corrected chi connectivity index (χ1v) is 4.94. The molecule has 0 aliphatic heterocycles. The number of nitrogens with one attached hydrogen (secondary N) is 1. The predicted octanol–water partition coefficient (Wildman–Crippen LogP) is 3.32. The van der Waals surface area contributed by atoms with E-state index in [0.29, 0.717) is 5.56 Å². The van der Waals surface area contributed by atoms with Crippen molar-refractivity contribution in [2.45, 2.75) is 0 Å². The highest BCUT2D eigenvalue weighted by Crippen LogP contribution is 2.29. The van der Waals surface area contributed by atoms with Crippen LogP contribution in [0.2, 0.25) is 0 Å². The average Bonchev–Trinajstić information content (AvgIpc) is 2.66. The Morgan fingerprint density at radius 3 is 2.64 bits per heavy atom. The second-order valence-corrected chi connectivity index (χ2v) is 3.73. The molecule has 0 atom stereocenters. The molecule has 0 unspecified atom stereocenters. The van der Waals surface area contributed by atoms with Gasteiger partial charge in [0.1, 0.15) is 6.07 Å². The van der Waals surface area contributed by atoms with E-state index in [2.05, 4.69) is 27.0 Å². The third kappa shape index (κ3) is 1.45. The molecule has 0 saturated heterocycles. The molecule has 0 radical (unpaired) electrons. The van der Waals surface area contributed by atoms with Crippen molar-refractivity contribution < 1.29 is 0 Å². The minimum absolute atomic E-state index is 0.664. The van der Waals surface area contributed by atoms with Crippen LogP contribution in [0.15, 0.2) is 41.1 Å². The van der Waals surface area contributed by atoms with Crippen LogP contribution in [0, 0.1) is 11.3 Å². The molecule has 1 aromatic heterocycles. The molecule has 0 fully saturated rings. The van der Waals surface area contributed by atoms with Crippen molar-refractivity contribution in [1.82, 2.24) is 4.98 Å². The van der Waals surface area contributed by atoms with Crippen molar-refractivity contribution in [1.29, 1.82) is 5.26 Å². The standard InChI is InChI=1S/C11H7BrN2/c12-11-4-2-1-3-9(11)10-7-14-6-8(10)5-13/h1-4,6-7,14H. The molecule has 14 heavy (non-hydrogen) atoms. The van der Waals surface area contributed by atoms with Gasteiger partial charge >= 0.3 is 0 Å². The van der Waals surface area contributed by atoms with Gasteiger partial charge in [0.25, 0.3) is 0 Å². The van der Waals surface area contributed by atoms with E-state index in [-0.39, 0.29) is 0 Å². The zero-order chi connectivity index (χ0) is 9.97. The molecule has 0 amide bonds. The van der Waals surface area contributed by atoms with Gasteiger partial charge in [-0.1, -0.05) is 34.1 Å². The molecule has 3 heteroatoms. The molecule has 0 spiro atoms. The lowest BCUT2D eigenvalue weighted by Gasteiger charge is -2.01. The third-order valence-electron chi connectivity index (χ3n) is 2.03. The Morgan fingerprint density at radius 2 is 1.93 bits per heavy atom. The van der Waals surface area contributed by atoms with Crippen LogP contribution < -0.4 is 0 Å². The molecule has 0 aliphatic carbocycles. The number of aromatic nitrogens is 1. The van der Waals surface area contributed by atoms with Crippen LogP contribution in [-0.2, 0) is 0 Å². The minimum Gasteiger partial charge on any atom is -0.366 e. The fourth-order valence-corrected chi connectivity index (χ4v) is 1.86. The van der Waals surface area contributed by atoms with Gasteiger partial charge in [-0.2, -0.15) is 5.26 Å². The molecule has 1 N–H and O–H groups in total. The van der Waals surface area contributed by atoms with Gasteiger partial charge < -0.3 is 4.98 Å². The summed E-state index contributed by atoms with van der Waals surface area (Å²) in [5.41, 5.74) is 2.63. The largest absolute Gasteiger partial charge is 0.366 e. The summed E-state index contributed by atoms with van der Waals surface area (Å²) in [6.45, 7) is 0. The molecule has 1 heterocycles. The smallest absolute Gasteiger partial charge is 0.101 e. The number of benzene rings is 1. The van der Waals surface area contributed by atoms with Crippen LogP contribution >= 0.6 is 15.9 Å². The van der Waals surface area contributed by atoms with Gasteiger partial charge in [0.05, 0.1) is 5.56 Å². The summed E-state index contributed by atoms with van der Waals surface area (Å²) in [6, 6.07) is 9.99. The lowest BCUT2D eigenvalue weighted by atomic mass is 10.1. The number of hydrogen-bond acceptors (Lipinski definition) is 1. The Balaban J connectivity index is 2.62. The van der Waals surface area contributed by atoms with Crippen molar-refractivity contribution in [3.05, 3.63) is 46.7 Å².